The minimum Gasteiger partial charge on any atom is -0.497 e. The van der Waals surface area contributed by atoms with Crippen molar-refractivity contribution >= 4 is 0 Å². The lowest BCUT2D eigenvalue weighted by atomic mass is 10.00. The van der Waals surface area contributed by atoms with Gasteiger partial charge in [-0.25, -0.2) is 0 Å². The Labute approximate surface area is 91.2 Å². The van der Waals surface area contributed by atoms with E-state index in [1.807, 2.05) is 0 Å². The smallest absolute Gasteiger partial charge is 0.416 e. The lowest BCUT2D eigenvalue weighted by Crippen LogP contribution is -2.24. The first-order valence-electron chi connectivity index (χ1n) is 4.61. The molecular formula is C10H13F3N2O. The van der Waals surface area contributed by atoms with Crippen molar-refractivity contribution < 1.29 is 17.9 Å². The molecule has 0 aliphatic carbocycles. The zero-order chi connectivity index (χ0) is 12.3. The van der Waals surface area contributed by atoms with Crippen molar-refractivity contribution in [3.05, 3.63) is 29.3 Å². The van der Waals surface area contributed by atoms with Crippen LogP contribution in [0.4, 0.5) is 13.2 Å². The van der Waals surface area contributed by atoms with E-state index in [0.717, 1.165) is 6.07 Å². The van der Waals surface area contributed by atoms with Crippen LogP contribution in [0.15, 0.2) is 18.2 Å². The van der Waals surface area contributed by atoms with E-state index >= 15 is 0 Å². The number of benzene rings is 1. The number of rotatable bonds is 3. The Morgan fingerprint density at radius 3 is 2.44 bits per heavy atom. The fourth-order valence-corrected chi connectivity index (χ4v) is 1.36. The quantitative estimate of drug-likeness (QED) is 0.836. The number of nitrogens with two attached hydrogens (primary N) is 2. The van der Waals surface area contributed by atoms with Gasteiger partial charge in [0, 0.05) is 12.6 Å². The predicted molar refractivity (Wildman–Crippen MR) is 54.0 cm³/mol. The van der Waals surface area contributed by atoms with Crippen LogP contribution in [0.25, 0.3) is 0 Å². The Bertz CT molecular complexity index is 366. The van der Waals surface area contributed by atoms with Gasteiger partial charge in [-0.3, -0.25) is 0 Å². The summed E-state index contributed by atoms with van der Waals surface area (Å²) in [5, 5.41) is 0. The highest BCUT2D eigenvalue weighted by Gasteiger charge is 2.34. The molecule has 0 spiro atoms. The normalized spacial score (nSPS) is 13.6. The summed E-state index contributed by atoms with van der Waals surface area (Å²) in [5.74, 6) is 0.139. The highest BCUT2D eigenvalue weighted by molar-refractivity contribution is 5.39. The molecule has 0 saturated heterocycles. The van der Waals surface area contributed by atoms with Crippen LogP contribution in [-0.2, 0) is 6.18 Å². The third kappa shape index (κ3) is 2.65. The zero-order valence-corrected chi connectivity index (χ0v) is 8.71. The Morgan fingerprint density at radius 1 is 1.38 bits per heavy atom. The van der Waals surface area contributed by atoms with Gasteiger partial charge in [-0.05, 0) is 17.7 Å². The van der Waals surface area contributed by atoms with Gasteiger partial charge in [0.1, 0.15) is 5.75 Å². The molecule has 1 atom stereocenters. The Hall–Kier alpha value is -1.27. The lowest BCUT2D eigenvalue weighted by molar-refractivity contribution is -0.138. The highest BCUT2D eigenvalue weighted by Crippen LogP contribution is 2.36. The van der Waals surface area contributed by atoms with Crippen LogP contribution in [0.3, 0.4) is 0 Å². The van der Waals surface area contributed by atoms with Crippen molar-refractivity contribution in [3.63, 3.8) is 0 Å². The summed E-state index contributed by atoms with van der Waals surface area (Å²) in [6.45, 7) is -0.0462. The fraction of sp³-hybridized carbons (Fsp3) is 0.400. The molecule has 1 aromatic carbocycles. The first-order chi connectivity index (χ1) is 7.40. The molecule has 0 amide bonds. The van der Waals surface area contributed by atoms with Crippen LogP contribution in [0.2, 0.25) is 0 Å². The molecule has 0 aliphatic rings. The summed E-state index contributed by atoms with van der Waals surface area (Å²) in [5.41, 5.74) is 9.96. The van der Waals surface area contributed by atoms with Gasteiger partial charge in [-0.1, -0.05) is 6.07 Å². The summed E-state index contributed by atoms with van der Waals surface area (Å²) >= 11 is 0. The maximum absolute atomic E-state index is 12.7. The molecule has 6 heteroatoms. The highest BCUT2D eigenvalue weighted by atomic mass is 19.4. The van der Waals surface area contributed by atoms with Crippen molar-refractivity contribution in [3.8, 4) is 5.75 Å². The summed E-state index contributed by atoms with van der Waals surface area (Å²) in [4.78, 5) is 0. The van der Waals surface area contributed by atoms with Crippen molar-refractivity contribution in [2.45, 2.75) is 12.2 Å². The van der Waals surface area contributed by atoms with Crippen LogP contribution in [-0.4, -0.2) is 13.7 Å². The van der Waals surface area contributed by atoms with Gasteiger partial charge in [-0.2, -0.15) is 13.2 Å². The number of ether oxygens (including phenoxy) is 1. The molecule has 0 fully saturated rings. The zero-order valence-electron chi connectivity index (χ0n) is 8.71. The van der Waals surface area contributed by atoms with Gasteiger partial charge >= 0.3 is 6.18 Å². The molecule has 0 bridgehead atoms. The predicted octanol–water partition coefficient (Wildman–Crippen LogP) is 1.67. The molecule has 16 heavy (non-hydrogen) atoms. The topological polar surface area (TPSA) is 61.3 Å². The van der Waals surface area contributed by atoms with Gasteiger partial charge in [0.25, 0.3) is 0 Å². The van der Waals surface area contributed by atoms with Gasteiger partial charge in [0.15, 0.2) is 0 Å². The van der Waals surface area contributed by atoms with Crippen LogP contribution >= 0.6 is 0 Å². The molecular weight excluding hydrogens is 221 g/mol. The summed E-state index contributed by atoms with van der Waals surface area (Å²) in [6.07, 6.45) is -4.46. The van der Waals surface area contributed by atoms with Gasteiger partial charge in [0.05, 0.1) is 12.7 Å². The maximum atomic E-state index is 12.7. The van der Waals surface area contributed by atoms with Crippen LogP contribution in [0.1, 0.15) is 17.2 Å². The largest absolute Gasteiger partial charge is 0.497 e. The third-order valence-corrected chi connectivity index (χ3v) is 2.22. The van der Waals surface area contributed by atoms with E-state index in [4.69, 9.17) is 16.2 Å². The summed E-state index contributed by atoms with van der Waals surface area (Å²) in [6, 6.07) is 2.81. The van der Waals surface area contributed by atoms with E-state index in [1.54, 1.807) is 0 Å². The summed E-state index contributed by atoms with van der Waals surface area (Å²) < 4.78 is 42.9. The molecule has 1 rings (SSSR count). The van der Waals surface area contributed by atoms with Crippen LogP contribution in [0, 0.1) is 0 Å². The first-order valence-corrected chi connectivity index (χ1v) is 4.61. The fourth-order valence-electron chi connectivity index (χ4n) is 1.36. The second-order valence-electron chi connectivity index (χ2n) is 3.29. The molecule has 0 radical (unpaired) electrons. The van der Waals surface area contributed by atoms with Crippen LogP contribution < -0.4 is 16.2 Å². The van der Waals surface area contributed by atoms with E-state index in [1.165, 1.54) is 19.2 Å². The SMILES string of the molecule is COc1ccc([C@H](N)CN)c(C(F)(F)F)c1. The van der Waals surface area contributed by atoms with Gasteiger partial charge < -0.3 is 16.2 Å². The van der Waals surface area contributed by atoms with E-state index < -0.39 is 17.8 Å². The molecule has 90 valence electrons. The van der Waals surface area contributed by atoms with E-state index in [2.05, 4.69) is 0 Å². The number of hydrogen-bond acceptors (Lipinski definition) is 3. The first kappa shape index (κ1) is 12.8. The van der Waals surface area contributed by atoms with Gasteiger partial charge in [-0.15, -0.1) is 0 Å². The van der Waals surface area contributed by atoms with Crippen molar-refractivity contribution in [2.75, 3.05) is 13.7 Å². The lowest BCUT2D eigenvalue weighted by Gasteiger charge is -2.17. The molecule has 3 nitrogen and oxygen atoms in total. The third-order valence-electron chi connectivity index (χ3n) is 2.22. The van der Waals surface area contributed by atoms with E-state index in [-0.39, 0.29) is 17.9 Å². The standard InChI is InChI=1S/C10H13F3N2O/c1-16-6-2-3-7(9(15)5-14)8(4-6)10(11,12)13/h2-4,9H,5,14-15H2,1H3/t9-/m1/s1. The molecule has 0 saturated carbocycles. The average molecular weight is 234 g/mol. The average Bonchev–Trinajstić information content (AvgIpc) is 2.26. The number of alkyl halides is 3. The second-order valence-corrected chi connectivity index (χ2v) is 3.29. The van der Waals surface area contributed by atoms with Gasteiger partial charge in [0.2, 0.25) is 0 Å². The Balaban J connectivity index is 3.27. The minimum atomic E-state index is -4.46. The molecule has 1 aromatic rings. The number of hydrogen-bond donors (Lipinski definition) is 2. The maximum Gasteiger partial charge on any atom is 0.416 e. The molecule has 0 aliphatic heterocycles. The molecule has 4 N–H and O–H groups in total. The summed E-state index contributed by atoms with van der Waals surface area (Å²) in [7, 11) is 1.30. The second kappa shape index (κ2) is 4.71. The number of halogens is 3. The molecule has 0 unspecified atom stereocenters. The molecule has 0 aromatic heterocycles. The van der Waals surface area contributed by atoms with Crippen molar-refractivity contribution in [1.29, 1.82) is 0 Å². The minimum absolute atomic E-state index is 0.0178. The van der Waals surface area contributed by atoms with E-state index in [0.29, 0.717) is 0 Å². The van der Waals surface area contributed by atoms with Crippen LogP contribution in [0.5, 0.6) is 5.75 Å². The number of methoxy groups -OCH3 is 1. The van der Waals surface area contributed by atoms with Crippen molar-refractivity contribution in [2.24, 2.45) is 11.5 Å². The van der Waals surface area contributed by atoms with E-state index in [9.17, 15) is 13.2 Å². The monoisotopic (exact) mass is 234 g/mol. The van der Waals surface area contributed by atoms with Crippen molar-refractivity contribution in [1.82, 2.24) is 0 Å². The molecule has 0 heterocycles. The Morgan fingerprint density at radius 2 is 2.00 bits per heavy atom. The Kier molecular flexibility index (Phi) is 3.77.